The predicted molar refractivity (Wildman–Crippen MR) is 141 cm³/mol. The van der Waals surface area contributed by atoms with Crippen LogP contribution in [0.4, 0.5) is 0 Å². The Bertz CT molecular complexity index is 1000. The van der Waals surface area contributed by atoms with Gasteiger partial charge in [-0.15, -0.1) is 0 Å². The van der Waals surface area contributed by atoms with Crippen molar-refractivity contribution in [1.82, 2.24) is 0 Å². The maximum atomic E-state index is 12.4. The van der Waals surface area contributed by atoms with E-state index in [1.54, 1.807) is 14.0 Å². The zero-order valence-electron chi connectivity index (χ0n) is 22.1. The molecule has 0 amide bonds. The van der Waals surface area contributed by atoms with E-state index in [0.29, 0.717) is 18.6 Å². The van der Waals surface area contributed by atoms with Crippen molar-refractivity contribution in [2.45, 2.75) is 103 Å². The molecule has 4 heteroatoms. The number of ether oxygens (including phenoxy) is 2. The molecule has 2 aromatic carbocycles. The summed E-state index contributed by atoms with van der Waals surface area (Å²) in [6.07, 6.45) is 11.9. The fourth-order valence-electron chi connectivity index (χ4n) is 5.48. The summed E-state index contributed by atoms with van der Waals surface area (Å²) < 4.78 is 11.2. The predicted octanol–water partition coefficient (Wildman–Crippen LogP) is 7.79. The van der Waals surface area contributed by atoms with Crippen molar-refractivity contribution in [2.24, 2.45) is 0 Å². The van der Waals surface area contributed by atoms with Crippen LogP contribution in [-0.4, -0.2) is 18.9 Å². The largest absolute Gasteiger partial charge is 0.496 e. The summed E-state index contributed by atoms with van der Waals surface area (Å²) in [5, 5.41) is 0. The maximum Gasteiger partial charge on any atom is 0.311 e. The van der Waals surface area contributed by atoms with Crippen LogP contribution in [0.2, 0.25) is 0 Å². The van der Waals surface area contributed by atoms with Gasteiger partial charge in [0.25, 0.3) is 0 Å². The molecule has 1 aliphatic rings. The average Bonchev–Trinajstić information content (AvgIpc) is 2.84. The highest BCUT2D eigenvalue weighted by Gasteiger charge is 2.36. The third-order valence-corrected chi connectivity index (χ3v) is 7.52. The van der Waals surface area contributed by atoms with E-state index in [0.717, 1.165) is 61.8 Å². The Balaban J connectivity index is 1.65. The minimum absolute atomic E-state index is 0.00896. The molecule has 0 N–H and O–H groups in total. The van der Waals surface area contributed by atoms with Gasteiger partial charge in [0.15, 0.2) is 0 Å². The van der Waals surface area contributed by atoms with Crippen LogP contribution in [0, 0.1) is 13.8 Å². The number of hydrogen-bond donors (Lipinski definition) is 0. The molecule has 1 aliphatic carbocycles. The number of unbranched alkanes of at least 4 members (excludes halogenated alkanes) is 4. The lowest BCUT2D eigenvalue weighted by atomic mass is 9.65. The molecule has 3 rings (SSSR count). The summed E-state index contributed by atoms with van der Waals surface area (Å²) in [5.41, 5.74) is 4.82. The van der Waals surface area contributed by atoms with Crippen molar-refractivity contribution in [2.75, 3.05) is 7.11 Å². The molecule has 0 saturated heterocycles. The van der Waals surface area contributed by atoms with Crippen LogP contribution in [0.1, 0.15) is 106 Å². The first-order valence-corrected chi connectivity index (χ1v) is 13.3. The van der Waals surface area contributed by atoms with Gasteiger partial charge in [-0.05, 0) is 80.8 Å². The van der Waals surface area contributed by atoms with Crippen LogP contribution in [-0.2, 0) is 15.0 Å². The quantitative estimate of drug-likeness (QED) is 0.177. The summed E-state index contributed by atoms with van der Waals surface area (Å²) in [4.78, 5) is 23.4. The van der Waals surface area contributed by atoms with Crippen molar-refractivity contribution >= 4 is 11.8 Å². The second-order valence-corrected chi connectivity index (χ2v) is 10.3. The minimum Gasteiger partial charge on any atom is -0.496 e. The summed E-state index contributed by atoms with van der Waals surface area (Å²) in [6.45, 7) is 5.79. The molecule has 0 bridgehead atoms. The lowest BCUT2D eigenvalue weighted by molar-refractivity contribution is -0.134. The summed E-state index contributed by atoms with van der Waals surface area (Å²) in [6, 6.07) is 13.0. The van der Waals surface area contributed by atoms with E-state index in [1.807, 2.05) is 13.0 Å². The van der Waals surface area contributed by atoms with Crippen molar-refractivity contribution in [1.29, 1.82) is 0 Å². The van der Waals surface area contributed by atoms with Crippen molar-refractivity contribution < 1.29 is 19.1 Å². The molecule has 0 aliphatic heterocycles. The van der Waals surface area contributed by atoms with Gasteiger partial charge in [-0.1, -0.05) is 62.8 Å². The van der Waals surface area contributed by atoms with Gasteiger partial charge in [0.1, 0.15) is 17.3 Å². The molecule has 0 spiro atoms. The molecule has 35 heavy (non-hydrogen) atoms. The normalized spacial score (nSPS) is 15.0. The Labute approximate surface area is 211 Å². The standard InChI is InChI=1S/C31H42O4/c1-23-21-26(15-17-28(23)34-4)31(19-11-8-12-20-31)27-16-18-29(24(2)22-27)35-30(33)14-10-7-5-6-9-13-25(3)32/h15-18,21-22H,5-14,19-20H2,1-4H3. The Morgan fingerprint density at radius 1 is 0.771 bits per heavy atom. The molecular weight excluding hydrogens is 436 g/mol. The van der Waals surface area contributed by atoms with Gasteiger partial charge in [-0.3, -0.25) is 4.79 Å². The smallest absolute Gasteiger partial charge is 0.311 e. The lowest BCUT2D eigenvalue weighted by Gasteiger charge is -2.39. The van der Waals surface area contributed by atoms with E-state index < -0.39 is 0 Å². The number of Topliss-reactive ketones (excluding diaryl/α,β-unsaturated/α-hetero) is 1. The van der Waals surface area contributed by atoms with Gasteiger partial charge in [-0.2, -0.15) is 0 Å². The summed E-state index contributed by atoms with van der Waals surface area (Å²) in [5.74, 6) is 1.68. The molecule has 2 aromatic rings. The number of aryl methyl sites for hydroxylation is 2. The molecule has 4 nitrogen and oxygen atoms in total. The first-order chi connectivity index (χ1) is 16.9. The van der Waals surface area contributed by atoms with Crippen LogP contribution < -0.4 is 9.47 Å². The number of carbonyl (C=O) groups is 2. The Hall–Kier alpha value is -2.62. The van der Waals surface area contributed by atoms with Gasteiger partial charge in [0.05, 0.1) is 7.11 Å². The number of rotatable bonds is 12. The topological polar surface area (TPSA) is 52.6 Å². The Kier molecular flexibility index (Phi) is 9.94. The number of carbonyl (C=O) groups excluding carboxylic acids is 2. The number of ketones is 1. The van der Waals surface area contributed by atoms with E-state index >= 15 is 0 Å². The number of esters is 1. The fraction of sp³-hybridized carbons (Fsp3) is 0.548. The second kappa shape index (κ2) is 12.9. The highest BCUT2D eigenvalue weighted by Crippen LogP contribution is 2.46. The van der Waals surface area contributed by atoms with Crippen LogP contribution >= 0.6 is 0 Å². The first kappa shape index (κ1) is 27.0. The molecular formula is C31H42O4. The first-order valence-electron chi connectivity index (χ1n) is 13.3. The third-order valence-electron chi connectivity index (χ3n) is 7.52. The van der Waals surface area contributed by atoms with Crippen molar-refractivity contribution in [3.05, 3.63) is 58.7 Å². The number of methoxy groups -OCH3 is 1. The number of benzene rings is 2. The minimum atomic E-state index is -0.164. The van der Waals surface area contributed by atoms with E-state index in [9.17, 15) is 9.59 Å². The van der Waals surface area contributed by atoms with Crippen LogP contribution in [0.25, 0.3) is 0 Å². The third kappa shape index (κ3) is 7.19. The van der Waals surface area contributed by atoms with E-state index in [-0.39, 0.29) is 17.2 Å². The van der Waals surface area contributed by atoms with Crippen molar-refractivity contribution in [3.63, 3.8) is 0 Å². The van der Waals surface area contributed by atoms with Gasteiger partial charge < -0.3 is 14.3 Å². The maximum absolute atomic E-state index is 12.4. The molecule has 190 valence electrons. The van der Waals surface area contributed by atoms with E-state index in [4.69, 9.17) is 9.47 Å². The molecule has 0 heterocycles. The van der Waals surface area contributed by atoms with Crippen LogP contribution in [0.15, 0.2) is 36.4 Å². The zero-order chi connectivity index (χ0) is 25.3. The van der Waals surface area contributed by atoms with Gasteiger partial charge in [0.2, 0.25) is 0 Å². The highest BCUT2D eigenvalue weighted by atomic mass is 16.5. The summed E-state index contributed by atoms with van der Waals surface area (Å²) >= 11 is 0. The molecule has 0 aromatic heterocycles. The zero-order valence-corrected chi connectivity index (χ0v) is 22.1. The fourth-order valence-corrected chi connectivity index (χ4v) is 5.48. The summed E-state index contributed by atoms with van der Waals surface area (Å²) in [7, 11) is 1.72. The average molecular weight is 479 g/mol. The highest BCUT2D eigenvalue weighted by molar-refractivity contribution is 5.75. The lowest BCUT2D eigenvalue weighted by Crippen LogP contribution is -2.30. The molecule has 1 fully saturated rings. The SMILES string of the molecule is COc1ccc(C2(c3ccc(OC(=O)CCCCCCCC(C)=O)c(C)c3)CCCCC2)cc1C. The molecule has 0 radical (unpaired) electrons. The monoisotopic (exact) mass is 478 g/mol. The van der Waals surface area contributed by atoms with Crippen LogP contribution in [0.3, 0.4) is 0 Å². The molecule has 0 unspecified atom stereocenters. The van der Waals surface area contributed by atoms with E-state index in [1.165, 1.54) is 30.4 Å². The molecule has 0 atom stereocenters. The Morgan fingerprint density at radius 2 is 1.31 bits per heavy atom. The van der Waals surface area contributed by atoms with E-state index in [2.05, 4.69) is 37.3 Å². The molecule has 1 saturated carbocycles. The van der Waals surface area contributed by atoms with Crippen molar-refractivity contribution in [3.8, 4) is 11.5 Å². The van der Waals surface area contributed by atoms with Gasteiger partial charge in [-0.25, -0.2) is 0 Å². The number of hydrogen-bond acceptors (Lipinski definition) is 4. The Morgan fingerprint density at radius 3 is 1.86 bits per heavy atom. The van der Waals surface area contributed by atoms with Gasteiger partial charge >= 0.3 is 5.97 Å². The van der Waals surface area contributed by atoms with Crippen LogP contribution in [0.5, 0.6) is 11.5 Å². The second-order valence-electron chi connectivity index (χ2n) is 10.3. The van der Waals surface area contributed by atoms with Gasteiger partial charge in [0, 0.05) is 18.3 Å².